The van der Waals surface area contributed by atoms with Crippen LogP contribution in [0.1, 0.15) is 53.4 Å². The van der Waals surface area contributed by atoms with Crippen LogP contribution in [0, 0.1) is 11.3 Å². The minimum Gasteiger partial charge on any atom is -0.396 e. The van der Waals surface area contributed by atoms with E-state index in [2.05, 4.69) is 43.2 Å². The number of rotatable bonds is 10. The molecule has 1 aliphatic rings. The lowest BCUT2D eigenvalue weighted by Gasteiger charge is -2.29. The fourth-order valence-corrected chi connectivity index (χ4v) is 3.34. The summed E-state index contributed by atoms with van der Waals surface area (Å²) in [7, 11) is 0. The van der Waals surface area contributed by atoms with E-state index in [4.69, 9.17) is 4.99 Å². The Morgan fingerprint density at radius 2 is 1.92 bits per heavy atom. The van der Waals surface area contributed by atoms with Crippen molar-refractivity contribution in [2.75, 3.05) is 45.9 Å². The van der Waals surface area contributed by atoms with Crippen molar-refractivity contribution in [2.24, 2.45) is 16.3 Å². The van der Waals surface area contributed by atoms with Gasteiger partial charge in [-0.25, -0.2) is 0 Å². The molecule has 3 N–H and O–H groups in total. The van der Waals surface area contributed by atoms with Gasteiger partial charge in [0.15, 0.2) is 5.96 Å². The largest absolute Gasteiger partial charge is 0.396 e. The Balaban J connectivity index is 0.00000529. The van der Waals surface area contributed by atoms with Gasteiger partial charge in [0.1, 0.15) is 0 Å². The lowest BCUT2D eigenvalue weighted by Crippen LogP contribution is -2.41. The summed E-state index contributed by atoms with van der Waals surface area (Å²) in [6.45, 7) is 15.2. The Kier molecular flexibility index (Phi) is 13.1. The zero-order chi connectivity index (χ0) is 17.1. The van der Waals surface area contributed by atoms with E-state index in [0.29, 0.717) is 0 Å². The molecule has 1 aliphatic heterocycles. The molecular formula is C18H39IN4O. The average Bonchev–Trinajstić information content (AvgIpc) is 3.04. The number of halogens is 1. The fraction of sp³-hybridized carbons (Fsp3) is 0.944. The van der Waals surface area contributed by atoms with Crippen molar-refractivity contribution >= 4 is 29.9 Å². The van der Waals surface area contributed by atoms with Crippen molar-refractivity contribution in [3.8, 4) is 0 Å². The van der Waals surface area contributed by atoms with Gasteiger partial charge in [-0.1, -0.05) is 20.8 Å². The molecule has 0 aromatic heterocycles. The summed E-state index contributed by atoms with van der Waals surface area (Å²) in [5, 5.41) is 16.2. The van der Waals surface area contributed by atoms with Gasteiger partial charge in [0.25, 0.3) is 0 Å². The van der Waals surface area contributed by atoms with E-state index in [1.807, 2.05) is 0 Å². The van der Waals surface area contributed by atoms with E-state index < -0.39 is 0 Å². The second kappa shape index (κ2) is 13.2. The van der Waals surface area contributed by atoms with Crippen molar-refractivity contribution in [2.45, 2.75) is 53.4 Å². The van der Waals surface area contributed by atoms with Crippen molar-refractivity contribution in [1.82, 2.24) is 15.5 Å². The van der Waals surface area contributed by atoms with Gasteiger partial charge in [0.05, 0.1) is 0 Å². The van der Waals surface area contributed by atoms with Crippen molar-refractivity contribution in [3.05, 3.63) is 0 Å². The van der Waals surface area contributed by atoms with Gasteiger partial charge in [-0.2, -0.15) is 0 Å². The van der Waals surface area contributed by atoms with Gasteiger partial charge in [0.2, 0.25) is 0 Å². The third-order valence-electron chi connectivity index (χ3n) is 5.43. The van der Waals surface area contributed by atoms with E-state index in [0.717, 1.165) is 57.3 Å². The highest BCUT2D eigenvalue weighted by Gasteiger charge is 2.25. The lowest BCUT2D eigenvalue weighted by atomic mass is 9.79. The maximum absolute atomic E-state index is 9.34. The molecule has 0 amide bonds. The van der Waals surface area contributed by atoms with Crippen LogP contribution in [0.2, 0.25) is 0 Å². The van der Waals surface area contributed by atoms with Gasteiger partial charge in [-0.05, 0) is 57.0 Å². The normalized spacial score (nSPS) is 19.2. The number of nitrogens with one attached hydrogen (secondary N) is 2. The first kappa shape index (κ1) is 23.9. The fourth-order valence-electron chi connectivity index (χ4n) is 3.34. The van der Waals surface area contributed by atoms with Crippen molar-refractivity contribution < 1.29 is 5.11 Å². The summed E-state index contributed by atoms with van der Waals surface area (Å²) in [4.78, 5) is 7.33. The second-order valence-electron chi connectivity index (χ2n) is 6.80. The number of nitrogens with zero attached hydrogens (tertiary/aromatic N) is 2. The zero-order valence-corrected chi connectivity index (χ0v) is 18.4. The maximum atomic E-state index is 9.34. The number of guanidine groups is 1. The quantitative estimate of drug-likeness (QED) is 0.270. The zero-order valence-electron chi connectivity index (χ0n) is 16.1. The van der Waals surface area contributed by atoms with Gasteiger partial charge < -0.3 is 20.6 Å². The smallest absolute Gasteiger partial charge is 0.191 e. The molecule has 0 aromatic carbocycles. The SMILES string of the molecule is CCNC(=NCC(CC)(CC)CCO)NCC1CCN(CC)C1.I. The maximum Gasteiger partial charge on any atom is 0.191 e. The summed E-state index contributed by atoms with van der Waals surface area (Å²) in [6, 6.07) is 0. The summed E-state index contributed by atoms with van der Waals surface area (Å²) < 4.78 is 0. The van der Waals surface area contributed by atoms with E-state index in [1.165, 1.54) is 19.5 Å². The summed E-state index contributed by atoms with van der Waals surface area (Å²) in [6.07, 6.45) is 4.22. The van der Waals surface area contributed by atoms with Gasteiger partial charge in [-0.15, -0.1) is 24.0 Å². The molecule has 24 heavy (non-hydrogen) atoms. The molecule has 1 unspecified atom stereocenters. The molecule has 0 spiro atoms. The first-order valence-electron chi connectivity index (χ1n) is 9.48. The molecule has 0 aliphatic carbocycles. The van der Waals surface area contributed by atoms with Crippen LogP contribution in [0.15, 0.2) is 4.99 Å². The summed E-state index contributed by atoms with van der Waals surface area (Å²) in [5.41, 5.74) is 0.128. The highest BCUT2D eigenvalue weighted by molar-refractivity contribution is 14.0. The Labute approximate surface area is 166 Å². The third kappa shape index (κ3) is 7.87. The third-order valence-corrected chi connectivity index (χ3v) is 5.43. The second-order valence-corrected chi connectivity index (χ2v) is 6.80. The topological polar surface area (TPSA) is 59.9 Å². The minimum absolute atomic E-state index is 0. The van der Waals surface area contributed by atoms with Crippen LogP contribution in [0.3, 0.4) is 0 Å². The van der Waals surface area contributed by atoms with Gasteiger partial charge in [0, 0.05) is 32.8 Å². The molecule has 6 heteroatoms. The summed E-state index contributed by atoms with van der Waals surface area (Å²) in [5.74, 6) is 1.64. The molecule has 0 radical (unpaired) electrons. The predicted octanol–water partition coefficient (Wildman–Crippen LogP) is 2.69. The highest BCUT2D eigenvalue weighted by atomic mass is 127. The number of hydrogen-bond acceptors (Lipinski definition) is 3. The van der Waals surface area contributed by atoms with Crippen LogP contribution in [-0.4, -0.2) is 61.8 Å². The van der Waals surface area contributed by atoms with E-state index >= 15 is 0 Å². The molecule has 1 heterocycles. The van der Waals surface area contributed by atoms with Crippen LogP contribution in [0.4, 0.5) is 0 Å². The van der Waals surface area contributed by atoms with Crippen molar-refractivity contribution in [3.63, 3.8) is 0 Å². The highest BCUT2D eigenvalue weighted by Crippen LogP contribution is 2.30. The van der Waals surface area contributed by atoms with E-state index in [-0.39, 0.29) is 36.0 Å². The molecule has 1 saturated heterocycles. The Bertz CT molecular complexity index is 348. The molecule has 5 nitrogen and oxygen atoms in total. The molecular weight excluding hydrogens is 415 g/mol. The average molecular weight is 454 g/mol. The first-order valence-corrected chi connectivity index (χ1v) is 9.48. The molecule has 144 valence electrons. The summed E-state index contributed by atoms with van der Waals surface area (Å²) >= 11 is 0. The lowest BCUT2D eigenvalue weighted by molar-refractivity contribution is 0.175. The minimum atomic E-state index is 0. The van der Waals surface area contributed by atoms with Gasteiger partial charge >= 0.3 is 0 Å². The first-order chi connectivity index (χ1) is 11.1. The number of likely N-dealkylation sites (tertiary alicyclic amines) is 1. The van der Waals surface area contributed by atoms with Crippen LogP contribution in [0.25, 0.3) is 0 Å². The number of aliphatic imine (C=N–C) groups is 1. The molecule has 1 rings (SSSR count). The molecule has 0 saturated carbocycles. The standard InChI is InChI=1S/C18H38N4O.HI/c1-5-18(6-2,10-12-23)15-21-17(19-7-3)20-13-16-9-11-22(8-4)14-16;/h16,23H,5-15H2,1-4H3,(H2,19,20,21);1H. The van der Waals surface area contributed by atoms with Crippen molar-refractivity contribution in [1.29, 1.82) is 0 Å². The Morgan fingerprint density at radius 1 is 1.21 bits per heavy atom. The molecule has 1 atom stereocenters. The number of aliphatic hydroxyl groups excluding tert-OH is 1. The van der Waals surface area contributed by atoms with Crippen LogP contribution in [-0.2, 0) is 0 Å². The van der Waals surface area contributed by atoms with E-state index in [1.54, 1.807) is 0 Å². The monoisotopic (exact) mass is 454 g/mol. The predicted molar refractivity (Wildman–Crippen MR) is 114 cm³/mol. The molecule has 0 bridgehead atoms. The molecule has 1 fully saturated rings. The van der Waals surface area contributed by atoms with Crippen LogP contribution < -0.4 is 10.6 Å². The van der Waals surface area contributed by atoms with Crippen LogP contribution >= 0.6 is 24.0 Å². The number of hydrogen-bond donors (Lipinski definition) is 3. The van der Waals surface area contributed by atoms with Crippen LogP contribution in [0.5, 0.6) is 0 Å². The van der Waals surface area contributed by atoms with E-state index in [9.17, 15) is 5.11 Å². The van der Waals surface area contributed by atoms with Gasteiger partial charge in [-0.3, -0.25) is 4.99 Å². The molecule has 0 aromatic rings. The Hall–Kier alpha value is -0.0800. The number of aliphatic hydroxyl groups is 1. The Morgan fingerprint density at radius 3 is 2.42 bits per heavy atom.